The summed E-state index contributed by atoms with van der Waals surface area (Å²) in [6.07, 6.45) is 1.10. The van der Waals surface area contributed by atoms with Gasteiger partial charge in [0.05, 0.1) is 23.7 Å². The summed E-state index contributed by atoms with van der Waals surface area (Å²) in [5, 5.41) is 19.3. The van der Waals surface area contributed by atoms with E-state index in [9.17, 15) is 10.1 Å². The zero-order valence-corrected chi connectivity index (χ0v) is 10.4. The van der Waals surface area contributed by atoms with Gasteiger partial charge in [-0.2, -0.15) is 5.26 Å². The number of nitriles is 1. The van der Waals surface area contributed by atoms with Gasteiger partial charge in [-0.15, -0.1) is 0 Å². The Hall–Kier alpha value is -3.14. The first-order valence-corrected chi connectivity index (χ1v) is 5.50. The Morgan fingerprint density at radius 2 is 2.10 bits per heavy atom. The highest BCUT2D eigenvalue weighted by molar-refractivity contribution is 5.48. The Kier molecular flexibility index (Phi) is 3.77. The molecule has 0 amide bonds. The van der Waals surface area contributed by atoms with E-state index >= 15 is 0 Å². The average molecular weight is 271 g/mol. The van der Waals surface area contributed by atoms with Crippen LogP contribution in [0.3, 0.4) is 0 Å². The van der Waals surface area contributed by atoms with Crippen LogP contribution < -0.4 is 9.47 Å². The standard InChI is InChI=1S/C13H9N3O4/c1-19-12-6-9(7-14)2-4-11(12)20-13-5-3-10(8-15-13)16(17)18/h2-6,8H,1H3. The van der Waals surface area contributed by atoms with Crippen molar-refractivity contribution in [3.8, 4) is 23.4 Å². The molecular formula is C13H9N3O4. The summed E-state index contributed by atoms with van der Waals surface area (Å²) in [5.74, 6) is 0.940. The Balaban J connectivity index is 2.25. The van der Waals surface area contributed by atoms with E-state index < -0.39 is 4.92 Å². The van der Waals surface area contributed by atoms with Crippen LogP contribution in [0.5, 0.6) is 17.4 Å². The fraction of sp³-hybridized carbons (Fsp3) is 0.0769. The number of hydrogen-bond donors (Lipinski definition) is 0. The second-order valence-electron chi connectivity index (χ2n) is 3.69. The molecule has 7 heteroatoms. The van der Waals surface area contributed by atoms with Crippen LogP contribution in [0.4, 0.5) is 5.69 Å². The van der Waals surface area contributed by atoms with E-state index in [0.29, 0.717) is 17.1 Å². The first-order valence-electron chi connectivity index (χ1n) is 5.50. The smallest absolute Gasteiger partial charge is 0.287 e. The van der Waals surface area contributed by atoms with Crippen LogP contribution in [0.2, 0.25) is 0 Å². The molecule has 0 aliphatic rings. The van der Waals surface area contributed by atoms with Gasteiger partial charge in [0.15, 0.2) is 11.5 Å². The number of methoxy groups -OCH3 is 1. The van der Waals surface area contributed by atoms with Crippen LogP contribution in [0.25, 0.3) is 0 Å². The van der Waals surface area contributed by atoms with Crippen LogP contribution in [-0.4, -0.2) is 17.0 Å². The van der Waals surface area contributed by atoms with Crippen LogP contribution in [0.15, 0.2) is 36.5 Å². The van der Waals surface area contributed by atoms with Crippen molar-refractivity contribution in [3.05, 3.63) is 52.2 Å². The molecule has 0 unspecified atom stereocenters. The molecule has 1 aromatic heterocycles. The van der Waals surface area contributed by atoms with Crippen LogP contribution in [0, 0.1) is 21.4 Å². The Morgan fingerprint density at radius 3 is 2.65 bits per heavy atom. The van der Waals surface area contributed by atoms with Gasteiger partial charge in [-0.1, -0.05) is 0 Å². The summed E-state index contributed by atoms with van der Waals surface area (Å²) >= 11 is 0. The summed E-state index contributed by atoms with van der Waals surface area (Å²) in [7, 11) is 1.45. The molecular weight excluding hydrogens is 262 g/mol. The van der Waals surface area contributed by atoms with E-state index in [1.807, 2.05) is 6.07 Å². The van der Waals surface area contributed by atoms with Crippen molar-refractivity contribution in [3.63, 3.8) is 0 Å². The number of ether oxygens (including phenoxy) is 2. The maximum absolute atomic E-state index is 10.5. The maximum atomic E-state index is 10.5. The molecule has 2 rings (SSSR count). The molecule has 0 atom stereocenters. The molecule has 20 heavy (non-hydrogen) atoms. The van der Waals surface area contributed by atoms with Crippen molar-refractivity contribution >= 4 is 5.69 Å². The van der Waals surface area contributed by atoms with E-state index in [0.717, 1.165) is 6.20 Å². The minimum atomic E-state index is -0.543. The molecule has 0 N–H and O–H groups in total. The number of hydrogen-bond acceptors (Lipinski definition) is 6. The van der Waals surface area contributed by atoms with Crippen LogP contribution in [-0.2, 0) is 0 Å². The molecule has 0 fully saturated rings. The number of benzene rings is 1. The van der Waals surface area contributed by atoms with E-state index in [1.54, 1.807) is 12.1 Å². The lowest BCUT2D eigenvalue weighted by Crippen LogP contribution is -1.94. The summed E-state index contributed by atoms with van der Waals surface area (Å²) in [6, 6.07) is 9.33. The summed E-state index contributed by atoms with van der Waals surface area (Å²) in [6.45, 7) is 0. The molecule has 0 aliphatic carbocycles. The SMILES string of the molecule is COc1cc(C#N)ccc1Oc1ccc([N+](=O)[O-])cn1. The molecule has 100 valence electrons. The molecule has 1 heterocycles. The van der Waals surface area contributed by atoms with Gasteiger partial charge in [0.25, 0.3) is 5.69 Å². The maximum Gasteiger partial charge on any atom is 0.287 e. The normalized spacial score (nSPS) is 9.60. The molecule has 0 aliphatic heterocycles. The third-order valence-corrected chi connectivity index (χ3v) is 2.44. The molecule has 7 nitrogen and oxygen atoms in total. The minimum absolute atomic E-state index is 0.121. The summed E-state index contributed by atoms with van der Waals surface area (Å²) < 4.78 is 10.6. The van der Waals surface area contributed by atoms with Gasteiger partial charge in [0.2, 0.25) is 5.88 Å². The van der Waals surface area contributed by atoms with Crippen LogP contribution >= 0.6 is 0 Å². The number of pyridine rings is 1. The molecule has 1 aromatic carbocycles. The predicted molar refractivity (Wildman–Crippen MR) is 68.7 cm³/mol. The molecule has 0 saturated carbocycles. The van der Waals surface area contributed by atoms with Gasteiger partial charge in [0, 0.05) is 18.2 Å². The van der Waals surface area contributed by atoms with Gasteiger partial charge in [-0.25, -0.2) is 4.98 Å². The van der Waals surface area contributed by atoms with E-state index in [1.165, 1.54) is 25.3 Å². The summed E-state index contributed by atoms with van der Waals surface area (Å²) in [4.78, 5) is 13.8. The van der Waals surface area contributed by atoms with Crippen molar-refractivity contribution < 1.29 is 14.4 Å². The zero-order chi connectivity index (χ0) is 14.5. The van der Waals surface area contributed by atoms with Crippen LogP contribution in [0.1, 0.15) is 5.56 Å². The second-order valence-corrected chi connectivity index (χ2v) is 3.69. The molecule has 0 saturated heterocycles. The zero-order valence-electron chi connectivity index (χ0n) is 10.4. The largest absolute Gasteiger partial charge is 0.493 e. The first kappa shape index (κ1) is 13.3. The highest BCUT2D eigenvalue weighted by Crippen LogP contribution is 2.31. The average Bonchev–Trinajstić information content (AvgIpc) is 2.48. The lowest BCUT2D eigenvalue weighted by molar-refractivity contribution is -0.385. The Bertz CT molecular complexity index is 677. The lowest BCUT2D eigenvalue weighted by Gasteiger charge is -2.09. The number of rotatable bonds is 4. The summed E-state index contributed by atoms with van der Waals surface area (Å²) in [5.41, 5.74) is 0.315. The van der Waals surface area contributed by atoms with Gasteiger partial charge >= 0.3 is 0 Å². The van der Waals surface area contributed by atoms with Crippen molar-refractivity contribution in [2.45, 2.75) is 0 Å². The second kappa shape index (κ2) is 5.67. The highest BCUT2D eigenvalue weighted by atomic mass is 16.6. The molecule has 2 aromatic rings. The fourth-order valence-electron chi connectivity index (χ4n) is 1.47. The van der Waals surface area contributed by atoms with Gasteiger partial charge in [-0.3, -0.25) is 10.1 Å². The van der Waals surface area contributed by atoms with Crippen molar-refractivity contribution in [1.29, 1.82) is 5.26 Å². The predicted octanol–water partition coefficient (Wildman–Crippen LogP) is 2.66. The Labute approximate surface area is 114 Å². The van der Waals surface area contributed by atoms with Gasteiger partial charge < -0.3 is 9.47 Å². The number of nitrogens with zero attached hydrogens (tertiary/aromatic N) is 3. The van der Waals surface area contributed by atoms with E-state index in [-0.39, 0.29) is 11.6 Å². The van der Waals surface area contributed by atoms with Crippen molar-refractivity contribution in [2.75, 3.05) is 7.11 Å². The van der Waals surface area contributed by atoms with Gasteiger partial charge in [0.1, 0.15) is 6.20 Å². The number of aromatic nitrogens is 1. The monoisotopic (exact) mass is 271 g/mol. The minimum Gasteiger partial charge on any atom is -0.493 e. The third-order valence-electron chi connectivity index (χ3n) is 2.44. The van der Waals surface area contributed by atoms with Crippen molar-refractivity contribution in [1.82, 2.24) is 4.98 Å². The topological polar surface area (TPSA) is 98.3 Å². The molecule has 0 bridgehead atoms. The van der Waals surface area contributed by atoms with Gasteiger partial charge in [-0.05, 0) is 12.1 Å². The van der Waals surface area contributed by atoms with Crippen molar-refractivity contribution in [2.24, 2.45) is 0 Å². The molecule has 0 radical (unpaired) electrons. The van der Waals surface area contributed by atoms with E-state index in [4.69, 9.17) is 14.7 Å². The fourth-order valence-corrected chi connectivity index (χ4v) is 1.47. The number of nitro groups is 1. The third kappa shape index (κ3) is 2.81. The Morgan fingerprint density at radius 1 is 1.30 bits per heavy atom. The highest BCUT2D eigenvalue weighted by Gasteiger charge is 2.10. The first-order chi connectivity index (χ1) is 9.63. The van der Waals surface area contributed by atoms with E-state index in [2.05, 4.69) is 4.98 Å². The quantitative estimate of drug-likeness (QED) is 0.626. The lowest BCUT2D eigenvalue weighted by atomic mass is 10.2. The molecule has 0 spiro atoms.